The van der Waals surface area contributed by atoms with Crippen LogP contribution in [0.1, 0.15) is 5.69 Å². The van der Waals surface area contributed by atoms with Crippen molar-refractivity contribution in [2.75, 3.05) is 27.7 Å². The summed E-state index contributed by atoms with van der Waals surface area (Å²) in [5.74, 6) is -0.280. The van der Waals surface area contributed by atoms with Gasteiger partial charge in [-0.15, -0.1) is 0 Å². The predicted molar refractivity (Wildman–Crippen MR) is 61.8 cm³/mol. The Morgan fingerprint density at radius 3 is 2.41 bits per heavy atom. The van der Waals surface area contributed by atoms with Crippen LogP contribution in [0.25, 0.3) is 0 Å². The lowest BCUT2D eigenvalue weighted by molar-refractivity contribution is -0.128. The molecular formula is C9H16N4O3S. The Morgan fingerprint density at radius 2 is 2.00 bits per heavy atom. The van der Waals surface area contributed by atoms with E-state index < -0.39 is 10.0 Å². The van der Waals surface area contributed by atoms with E-state index in [0.717, 1.165) is 4.31 Å². The number of rotatable bonds is 4. The molecule has 1 aromatic heterocycles. The van der Waals surface area contributed by atoms with Crippen molar-refractivity contribution >= 4 is 15.9 Å². The second kappa shape index (κ2) is 4.84. The van der Waals surface area contributed by atoms with Crippen molar-refractivity contribution in [1.29, 1.82) is 0 Å². The number of amides is 1. The van der Waals surface area contributed by atoms with E-state index in [-0.39, 0.29) is 17.3 Å². The molecule has 0 unspecified atom stereocenters. The molecule has 0 saturated heterocycles. The minimum atomic E-state index is -3.66. The van der Waals surface area contributed by atoms with E-state index in [1.165, 1.54) is 18.1 Å². The third-order valence-corrected chi connectivity index (χ3v) is 4.25. The molecule has 17 heavy (non-hydrogen) atoms. The van der Waals surface area contributed by atoms with Crippen LogP contribution in [0.4, 0.5) is 0 Å². The summed E-state index contributed by atoms with van der Waals surface area (Å²) >= 11 is 0. The van der Waals surface area contributed by atoms with Gasteiger partial charge >= 0.3 is 0 Å². The van der Waals surface area contributed by atoms with Gasteiger partial charge in [-0.25, -0.2) is 8.42 Å². The van der Waals surface area contributed by atoms with Gasteiger partial charge in [0.1, 0.15) is 4.90 Å². The fraction of sp³-hybridized carbons (Fsp3) is 0.556. The quantitative estimate of drug-likeness (QED) is 0.785. The highest BCUT2D eigenvalue weighted by Gasteiger charge is 2.26. The summed E-state index contributed by atoms with van der Waals surface area (Å²) in [5, 5.41) is 6.21. The molecule has 7 nitrogen and oxygen atoms in total. The van der Waals surface area contributed by atoms with E-state index in [1.54, 1.807) is 21.0 Å². The van der Waals surface area contributed by atoms with Gasteiger partial charge in [-0.3, -0.25) is 9.89 Å². The Bertz CT molecular complexity index is 506. The number of aromatic nitrogens is 2. The molecule has 1 amide bonds. The van der Waals surface area contributed by atoms with Crippen molar-refractivity contribution in [3.8, 4) is 0 Å². The second-order valence-corrected chi connectivity index (χ2v) is 5.92. The zero-order chi connectivity index (χ0) is 13.2. The lowest BCUT2D eigenvalue weighted by Gasteiger charge is -2.18. The molecule has 0 radical (unpaired) electrons. The van der Waals surface area contributed by atoms with E-state index in [4.69, 9.17) is 0 Å². The van der Waals surface area contributed by atoms with Crippen molar-refractivity contribution in [2.45, 2.75) is 11.8 Å². The largest absolute Gasteiger partial charge is 0.348 e. The number of hydrogen-bond acceptors (Lipinski definition) is 4. The molecular weight excluding hydrogens is 244 g/mol. The van der Waals surface area contributed by atoms with Gasteiger partial charge in [-0.05, 0) is 6.92 Å². The van der Waals surface area contributed by atoms with Gasteiger partial charge in [0.25, 0.3) is 0 Å². The maximum Gasteiger partial charge on any atom is 0.246 e. The first-order chi connectivity index (χ1) is 7.76. The van der Waals surface area contributed by atoms with Crippen LogP contribution in [0.15, 0.2) is 11.1 Å². The zero-order valence-electron chi connectivity index (χ0n) is 10.3. The number of carbonyl (C=O) groups excluding carboxylic acids is 1. The predicted octanol–water partition coefficient (Wildman–Crippen LogP) is -0.573. The van der Waals surface area contributed by atoms with Gasteiger partial charge < -0.3 is 4.90 Å². The van der Waals surface area contributed by atoms with Crippen LogP contribution in [0.3, 0.4) is 0 Å². The van der Waals surface area contributed by atoms with Gasteiger partial charge in [0.15, 0.2) is 0 Å². The number of sulfonamides is 1. The molecule has 0 fully saturated rings. The molecule has 96 valence electrons. The number of H-pyrrole nitrogens is 1. The van der Waals surface area contributed by atoms with Crippen molar-refractivity contribution in [3.63, 3.8) is 0 Å². The van der Waals surface area contributed by atoms with Crippen LogP contribution in [-0.4, -0.2) is 61.4 Å². The number of hydrogen-bond donors (Lipinski definition) is 1. The Kier molecular flexibility index (Phi) is 3.89. The van der Waals surface area contributed by atoms with E-state index >= 15 is 0 Å². The van der Waals surface area contributed by atoms with Crippen LogP contribution >= 0.6 is 0 Å². The van der Waals surface area contributed by atoms with Crippen LogP contribution in [0.2, 0.25) is 0 Å². The van der Waals surface area contributed by atoms with Crippen LogP contribution in [-0.2, 0) is 14.8 Å². The third-order valence-electron chi connectivity index (χ3n) is 2.33. The van der Waals surface area contributed by atoms with Gasteiger partial charge in [0.2, 0.25) is 15.9 Å². The summed E-state index contributed by atoms with van der Waals surface area (Å²) in [7, 11) is 0.852. The number of aromatic amines is 1. The number of likely N-dealkylation sites (N-methyl/N-ethyl adjacent to an activating group) is 2. The highest BCUT2D eigenvalue weighted by atomic mass is 32.2. The molecule has 1 heterocycles. The summed E-state index contributed by atoms with van der Waals surface area (Å²) in [4.78, 5) is 12.9. The Balaban J connectivity index is 2.93. The summed E-state index contributed by atoms with van der Waals surface area (Å²) in [6.45, 7) is 1.42. The first kappa shape index (κ1) is 13.7. The molecule has 0 bridgehead atoms. The van der Waals surface area contributed by atoms with Crippen LogP contribution in [0, 0.1) is 6.92 Å². The molecule has 0 aliphatic heterocycles. The standard InChI is InChI=1S/C9H16N4O3S/c1-7-8(5-10-11-7)17(15,16)13(4)6-9(14)12(2)3/h5H,6H2,1-4H3,(H,10,11). The van der Waals surface area contributed by atoms with Crippen molar-refractivity contribution in [1.82, 2.24) is 19.4 Å². The molecule has 0 atom stereocenters. The lowest BCUT2D eigenvalue weighted by Crippen LogP contribution is -2.37. The zero-order valence-corrected chi connectivity index (χ0v) is 11.1. The van der Waals surface area contributed by atoms with E-state index in [9.17, 15) is 13.2 Å². The fourth-order valence-electron chi connectivity index (χ4n) is 1.18. The Hall–Kier alpha value is -1.41. The van der Waals surface area contributed by atoms with Gasteiger partial charge in [0, 0.05) is 21.1 Å². The molecule has 0 spiro atoms. The summed E-state index contributed by atoms with van der Waals surface area (Å²) in [6.07, 6.45) is 1.24. The maximum atomic E-state index is 12.1. The molecule has 0 aromatic carbocycles. The summed E-state index contributed by atoms with van der Waals surface area (Å²) < 4.78 is 25.1. The van der Waals surface area contributed by atoms with Crippen molar-refractivity contribution < 1.29 is 13.2 Å². The summed E-state index contributed by atoms with van der Waals surface area (Å²) in [5.41, 5.74) is 0.453. The second-order valence-electron chi connectivity index (χ2n) is 3.91. The topological polar surface area (TPSA) is 86.4 Å². The fourth-order valence-corrected chi connectivity index (χ4v) is 2.42. The smallest absolute Gasteiger partial charge is 0.246 e. The molecule has 0 aliphatic rings. The van der Waals surface area contributed by atoms with Gasteiger partial charge in [-0.2, -0.15) is 9.40 Å². The Morgan fingerprint density at radius 1 is 1.41 bits per heavy atom. The van der Waals surface area contributed by atoms with E-state index in [0.29, 0.717) is 5.69 Å². The van der Waals surface area contributed by atoms with Gasteiger partial charge in [0.05, 0.1) is 18.4 Å². The number of carbonyl (C=O) groups is 1. The SMILES string of the molecule is Cc1[nH]ncc1S(=O)(=O)N(C)CC(=O)N(C)C. The number of aryl methyl sites for hydroxylation is 1. The van der Waals surface area contributed by atoms with E-state index in [2.05, 4.69) is 10.2 Å². The van der Waals surface area contributed by atoms with Crippen LogP contribution in [0.5, 0.6) is 0 Å². The first-order valence-corrected chi connectivity index (χ1v) is 6.37. The molecule has 1 rings (SSSR count). The third kappa shape index (κ3) is 2.83. The van der Waals surface area contributed by atoms with Crippen LogP contribution < -0.4 is 0 Å². The minimum Gasteiger partial charge on any atom is -0.348 e. The molecule has 0 aliphatic carbocycles. The minimum absolute atomic E-state index is 0.0894. The summed E-state index contributed by atoms with van der Waals surface area (Å²) in [6, 6.07) is 0. The molecule has 8 heteroatoms. The molecule has 1 aromatic rings. The highest BCUT2D eigenvalue weighted by Crippen LogP contribution is 2.15. The van der Waals surface area contributed by atoms with Crippen molar-refractivity contribution in [3.05, 3.63) is 11.9 Å². The number of nitrogens with one attached hydrogen (secondary N) is 1. The lowest BCUT2D eigenvalue weighted by atomic mass is 10.5. The monoisotopic (exact) mass is 260 g/mol. The normalized spacial score (nSPS) is 11.8. The van der Waals surface area contributed by atoms with E-state index in [1.807, 2.05) is 0 Å². The highest BCUT2D eigenvalue weighted by molar-refractivity contribution is 7.89. The average Bonchev–Trinajstić information content (AvgIpc) is 2.64. The maximum absolute atomic E-state index is 12.1. The molecule has 1 N–H and O–H groups in total. The Labute approximate surface area is 100 Å². The number of nitrogens with zero attached hydrogens (tertiary/aromatic N) is 3. The average molecular weight is 260 g/mol. The van der Waals surface area contributed by atoms with Crippen molar-refractivity contribution in [2.24, 2.45) is 0 Å². The molecule has 0 saturated carbocycles. The first-order valence-electron chi connectivity index (χ1n) is 4.93. The van der Waals surface area contributed by atoms with Gasteiger partial charge in [-0.1, -0.05) is 0 Å².